The first-order chi connectivity index (χ1) is 9.47. The van der Waals surface area contributed by atoms with Gasteiger partial charge in [0.05, 0.1) is 4.92 Å². The highest BCUT2D eigenvalue weighted by molar-refractivity contribution is 5.63. The molecule has 1 N–H and O–H groups in total. The predicted octanol–water partition coefficient (Wildman–Crippen LogP) is 4.53. The van der Waals surface area contributed by atoms with Crippen molar-refractivity contribution >= 4 is 11.4 Å². The zero-order valence-corrected chi connectivity index (χ0v) is 12.6. The van der Waals surface area contributed by atoms with E-state index in [-0.39, 0.29) is 10.6 Å². The summed E-state index contributed by atoms with van der Waals surface area (Å²) < 4.78 is 0. The third-order valence-corrected chi connectivity index (χ3v) is 4.37. The Morgan fingerprint density at radius 1 is 1.35 bits per heavy atom. The van der Waals surface area contributed by atoms with Gasteiger partial charge in [-0.15, -0.1) is 0 Å². The number of hydrogen-bond donors (Lipinski definition) is 1. The Balaban J connectivity index is 2.13. The third kappa shape index (κ3) is 3.50. The van der Waals surface area contributed by atoms with Gasteiger partial charge in [0.2, 0.25) is 0 Å². The molecular formula is C16H24N2O2. The summed E-state index contributed by atoms with van der Waals surface area (Å²) in [5.74, 6) is 1.41. The lowest BCUT2D eigenvalue weighted by atomic mass is 9.79. The minimum atomic E-state index is -0.301. The van der Waals surface area contributed by atoms with Crippen molar-refractivity contribution < 1.29 is 4.92 Å². The van der Waals surface area contributed by atoms with Gasteiger partial charge in [-0.2, -0.15) is 0 Å². The van der Waals surface area contributed by atoms with E-state index in [9.17, 15) is 10.1 Å². The van der Waals surface area contributed by atoms with Crippen LogP contribution in [0.2, 0.25) is 0 Å². The Morgan fingerprint density at radius 2 is 2.10 bits per heavy atom. The Hall–Kier alpha value is -1.58. The van der Waals surface area contributed by atoms with Gasteiger partial charge in [-0.1, -0.05) is 32.8 Å². The van der Waals surface area contributed by atoms with Gasteiger partial charge in [0.1, 0.15) is 5.69 Å². The fourth-order valence-corrected chi connectivity index (χ4v) is 3.11. The van der Waals surface area contributed by atoms with Gasteiger partial charge >= 0.3 is 0 Å². The molecule has 110 valence electrons. The average Bonchev–Trinajstić information content (AvgIpc) is 2.38. The number of benzene rings is 1. The van der Waals surface area contributed by atoms with E-state index >= 15 is 0 Å². The number of hydrogen-bond acceptors (Lipinski definition) is 3. The van der Waals surface area contributed by atoms with Crippen LogP contribution in [0.1, 0.15) is 45.1 Å². The van der Waals surface area contributed by atoms with Gasteiger partial charge in [-0.25, -0.2) is 0 Å². The van der Waals surface area contributed by atoms with Gasteiger partial charge in [0.15, 0.2) is 0 Å². The van der Waals surface area contributed by atoms with Gasteiger partial charge in [0.25, 0.3) is 5.69 Å². The van der Waals surface area contributed by atoms with E-state index in [1.54, 1.807) is 12.1 Å². The lowest BCUT2D eigenvalue weighted by Crippen LogP contribution is -2.29. The Bertz CT molecular complexity index is 485. The van der Waals surface area contributed by atoms with Crippen molar-refractivity contribution in [2.75, 3.05) is 5.32 Å². The molecule has 1 fully saturated rings. The summed E-state index contributed by atoms with van der Waals surface area (Å²) in [5, 5.41) is 14.5. The Morgan fingerprint density at radius 3 is 2.75 bits per heavy atom. The Kier molecular flexibility index (Phi) is 4.63. The SMILES string of the molecule is Cc1ccc([N+](=O)[O-])c(NC2CCCC(C(C)C)C2)c1. The molecule has 2 unspecified atom stereocenters. The molecule has 0 radical (unpaired) electrons. The van der Waals surface area contributed by atoms with Crippen molar-refractivity contribution in [3.63, 3.8) is 0 Å². The van der Waals surface area contributed by atoms with E-state index in [2.05, 4.69) is 19.2 Å². The fraction of sp³-hybridized carbons (Fsp3) is 0.625. The monoisotopic (exact) mass is 276 g/mol. The molecule has 1 aliphatic carbocycles. The van der Waals surface area contributed by atoms with Crippen molar-refractivity contribution in [2.24, 2.45) is 11.8 Å². The van der Waals surface area contributed by atoms with Gasteiger partial charge in [-0.3, -0.25) is 10.1 Å². The molecule has 4 nitrogen and oxygen atoms in total. The van der Waals surface area contributed by atoms with Crippen LogP contribution < -0.4 is 5.32 Å². The maximum absolute atomic E-state index is 11.1. The smallest absolute Gasteiger partial charge is 0.292 e. The van der Waals surface area contributed by atoms with Gasteiger partial charge < -0.3 is 5.32 Å². The summed E-state index contributed by atoms with van der Waals surface area (Å²) in [6.07, 6.45) is 4.71. The minimum Gasteiger partial charge on any atom is -0.377 e. The van der Waals surface area contributed by atoms with Crippen LogP contribution in [0.4, 0.5) is 11.4 Å². The van der Waals surface area contributed by atoms with Crippen LogP contribution in [0.3, 0.4) is 0 Å². The van der Waals surface area contributed by atoms with Gasteiger partial charge in [0, 0.05) is 12.1 Å². The molecule has 0 bridgehead atoms. The highest BCUT2D eigenvalue weighted by Crippen LogP contribution is 2.33. The number of rotatable bonds is 4. The average molecular weight is 276 g/mol. The Labute approximate surface area is 120 Å². The fourth-order valence-electron chi connectivity index (χ4n) is 3.11. The second-order valence-electron chi connectivity index (χ2n) is 6.29. The van der Waals surface area contributed by atoms with Crippen LogP contribution in [0.5, 0.6) is 0 Å². The number of nitro benzene ring substituents is 1. The normalized spacial score (nSPS) is 22.8. The summed E-state index contributed by atoms with van der Waals surface area (Å²) in [4.78, 5) is 10.8. The quantitative estimate of drug-likeness (QED) is 0.649. The molecule has 2 rings (SSSR count). The molecule has 0 aromatic heterocycles. The molecule has 0 heterocycles. The van der Waals surface area contributed by atoms with Crippen molar-refractivity contribution in [1.82, 2.24) is 0 Å². The number of nitrogens with one attached hydrogen (secondary N) is 1. The highest BCUT2D eigenvalue weighted by Gasteiger charge is 2.25. The minimum absolute atomic E-state index is 0.183. The summed E-state index contributed by atoms with van der Waals surface area (Å²) in [5.41, 5.74) is 1.90. The third-order valence-electron chi connectivity index (χ3n) is 4.37. The number of nitro groups is 1. The largest absolute Gasteiger partial charge is 0.377 e. The van der Waals surface area contributed by atoms with E-state index in [1.807, 2.05) is 13.0 Å². The molecule has 0 aliphatic heterocycles. The summed E-state index contributed by atoms with van der Waals surface area (Å²) in [7, 11) is 0. The summed E-state index contributed by atoms with van der Waals surface area (Å²) in [6, 6.07) is 5.63. The van der Waals surface area contributed by atoms with E-state index in [0.29, 0.717) is 17.6 Å². The van der Waals surface area contributed by atoms with Crippen molar-refractivity contribution in [1.29, 1.82) is 0 Å². The summed E-state index contributed by atoms with van der Waals surface area (Å²) in [6.45, 7) is 6.50. The number of aryl methyl sites for hydroxylation is 1. The maximum Gasteiger partial charge on any atom is 0.292 e. The first kappa shape index (κ1) is 14.8. The van der Waals surface area contributed by atoms with Crippen LogP contribution in [-0.4, -0.2) is 11.0 Å². The van der Waals surface area contributed by atoms with Crippen LogP contribution >= 0.6 is 0 Å². The maximum atomic E-state index is 11.1. The van der Waals surface area contributed by atoms with Crippen molar-refractivity contribution in [3.05, 3.63) is 33.9 Å². The molecule has 0 saturated heterocycles. The molecule has 1 saturated carbocycles. The number of nitrogens with zero attached hydrogens (tertiary/aromatic N) is 1. The van der Waals surface area contributed by atoms with Crippen LogP contribution in [0.15, 0.2) is 18.2 Å². The van der Waals surface area contributed by atoms with Crippen molar-refractivity contribution in [2.45, 2.75) is 52.5 Å². The van der Waals surface area contributed by atoms with E-state index < -0.39 is 0 Å². The molecule has 1 aromatic rings. The van der Waals surface area contributed by atoms with Crippen LogP contribution in [0.25, 0.3) is 0 Å². The van der Waals surface area contributed by atoms with Crippen LogP contribution in [0, 0.1) is 28.9 Å². The molecule has 20 heavy (non-hydrogen) atoms. The zero-order valence-electron chi connectivity index (χ0n) is 12.6. The molecule has 0 amide bonds. The standard InChI is InChI=1S/C16H24N2O2/c1-11(2)13-5-4-6-14(10-13)17-15-9-12(3)7-8-16(15)18(19)20/h7-9,11,13-14,17H,4-6,10H2,1-3H3. The van der Waals surface area contributed by atoms with E-state index in [4.69, 9.17) is 0 Å². The van der Waals surface area contributed by atoms with Crippen molar-refractivity contribution in [3.8, 4) is 0 Å². The van der Waals surface area contributed by atoms with E-state index in [1.165, 1.54) is 12.8 Å². The molecule has 4 heteroatoms. The first-order valence-electron chi connectivity index (χ1n) is 7.49. The highest BCUT2D eigenvalue weighted by atomic mass is 16.6. The molecule has 1 aliphatic rings. The lowest BCUT2D eigenvalue weighted by Gasteiger charge is -2.32. The predicted molar refractivity (Wildman–Crippen MR) is 82.0 cm³/mol. The first-order valence-corrected chi connectivity index (χ1v) is 7.49. The second-order valence-corrected chi connectivity index (χ2v) is 6.29. The second kappa shape index (κ2) is 6.25. The summed E-state index contributed by atoms with van der Waals surface area (Å²) >= 11 is 0. The molecule has 0 spiro atoms. The molecule has 1 aromatic carbocycles. The van der Waals surface area contributed by atoms with Gasteiger partial charge in [-0.05, 0) is 43.2 Å². The molecular weight excluding hydrogens is 252 g/mol. The van der Waals surface area contributed by atoms with Crippen LogP contribution in [-0.2, 0) is 0 Å². The molecule has 2 atom stereocenters. The topological polar surface area (TPSA) is 55.2 Å². The van der Waals surface area contributed by atoms with E-state index in [0.717, 1.165) is 24.3 Å². The zero-order chi connectivity index (χ0) is 14.7. The lowest BCUT2D eigenvalue weighted by molar-refractivity contribution is -0.384. The number of anilines is 1.